The van der Waals surface area contributed by atoms with Crippen LogP contribution < -0.4 is 0 Å². The molecule has 20 heavy (non-hydrogen) atoms. The highest BCUT2D eigenvalue weighted by atomic mass is 16.4. The number of hydrogen-bond acceptors (Lipinski definition) is 2. The fourth-order valence-electron chi connectivity index (χ4n) is 2.55. The molecule has 2 heterocycles. The SMILES string of the molecule is Cc1cc(Cn2c(C)cc3ccccc32)oc1C(=O)O. The van der Waals surface area contributed by atoms with Crippen molar-refractivity contribution in [2.24, 2.45) is 0 Å². The Bertz CT molecular complexity index is 795. The summed E-state index contributed by atoms with van der Waals surface area (Å²) >= 11 is 0. The number of fused-ring (bicyclic) bond motifs is 1. The molecule has 0 atom stereocenters. The normalized spacial score (nSPS) is 11.1. The predicted molar refractivity (Wildman–Crippen MR) is 76.2 cm³/mol. The zero-order chi connectivity index (χ0) is 14.3. The number of benzene rings is 1. The molecule has 0 bridgehead atoms. The van der Waals surface area contributed by atoms with E-state index in [1.54, 1.807) is 13.0 Å². The maximum absolute atomic E-state index is 11.0. The Morgan fingerprint density at radius 2 is 2.00 bits per heavy atom. The van der Waals surface area contributed by atoms with Gasteiger partial charge in [0, 0.05) is 16.8 Å². The lowest BCUT2D eigenvalue weighted by Crippen LogP contribution is -2.00. The number of nitrogens with zero attached hydrogens (tertiary/aromatic N) is 1. The lowest BCUT2D eigenvalue weighted by molar-refractivity contribution is 0.0659. The summed E-state index contributed by atoms with van der Waals surface area (Å²) in [6.07, 6.45) is 0. The molecule has 3 rings (SSSR count). The van der Waals surface area contributed by atoms with Crippen LogP contribution in [0.15, 0.2) is 40.8 Å². The van der Waals surface area contributed by atoms with Crippen LogP contribution in [0.3, 0.4) is 0 Å². The van der Waals surface area contributed by atoms with Gasteiger partial charge in [0.2, 0.25) is 5.76 Å². The van der Waals surface area contributed by atoms with E-state index in [9.17, 15) is 4.79 Å². The van der Waals surface area contributed by atoms with Crippen LogP contribution in [0.2, 0.25) is 0 Å². The molecule has 0 aliphatic rings. The Morgan fingerprint density at radius 3 is 2.70 bits per heavy atom. The molecule has 1 aromatic carbocycles. The minimum atomic E-state index is -1.03. The molecule has 102 valence electrons. The number of aryl methyl sites for hydroxylation is 2. The Kier molecular flexibility index (Phi) is 2.86. The smallest absolute Gasteiger partial charge is 0.372 e. The van der Waals surface area contributed by atoms with E-state index in [4.69, 9.17) is 9.52 Å². The summed E-state index contributed by atoms with van der Waals surface area (Å²) in [6, 6.07) is 12.0. The number of carboxylic acid groups (broad SMARTS) is 1. The van der Waals surface area contributed by atoms with Crippen molar-refractivity contribution in [2.45, 2.75) is 20.4 Å². The molecule has 4 nitrogen and oxygen atoms in total. The van der Waals surface area contributed by atoms with Crippen LogP contribution in [0.1, 0.15) is 27.6 Å². The summed E-state index contributed by atoms with van der Waals surface area (Å²) in [5.74, 6) is -0.346. The highest BCUT2D eigenvalue weighted by Gasteiger charge is 2.15. The fraction of sp³-hybridized carbons (Fsp3) is 0.188. The van der Waals surface area contributed by atoms with E-state index < -0.39 is 5.97 Å². The van der Waals surface area contributed by atoms with Gasteiger partial charge in [-0.3, -0.25) is 0 Å². The molecule has 0 spiro atoms. The molecule has 0 aliphatic heterocycles. The molecule has 0 amide bonds. The maximum Gasteiger partial charge on any atom is 0.372 e. The fourth-order valence-corrected chi connectivity index (χ4v) is 2.55. The first-order chi connectivity index (χ1) is 9.56. The molecule has 0 unspecified atom stereocenters. The van der Waals surface area contributed by atoms with Crippen LogP contribution in [0.25, 0.3) is 10.9 Å². The summed E-state index contributed by atoms with van der Waals surface area (Å²) in [4.78, 5) is 11.0. The first kappa shape index (κ1) is 12.5. The van der Waals surface area contributed by atoms with Crippen molar-refractivity contribution in [1.29, 1.82) is 0 Å². The van der Waals surface area contributed by atoms with Gasteiger partial charge in [-0.2, -0.15) is 0 Å². The van der Waals surface area contributed by atoms with Crippen LogP contribution in [-0.4, -0.2) is 15.6 Å². The molecule has 0 aliphatic carbocycles. The summed E-state index contributed by atoms with van der Waals surface area (Å²) < 4.78 is 7.56. The van der Waals surface area contributed by atoms with Gasteiger partial charge in [0.25, 0.3) is 0 Å². The monoisotopic (exact) mass is 269 g/mol. The van der Waals surface area contributed by atoms with Crippen molar-refractivity contribution in [3.8, 4) is 0 Å². The number of carbonyl (C=O) groups is 1. The third-order valence-electron chi connectivity index (χ3n) is 3.49. The summed E-state index contributed by atoms with van der Waals surface area (Å²) in [5, 5.41) is 10.2. The zero-order valence-electron chi connectivity index (χ0n) is 11.4. The Hall–Kier alpha value is -2.49. The number of rotatable bonds is 3. The largest absolute Gasteiger partial charge is 0.475 e. The second-order valence-corrected chi connectivity index (χ2v) is 4.96. The molecule has 4 heteroatoms. The topological polar surface area (TPSA) is 55.4 Å². The van der Waals surface area contributed by atoms with Crippen molar-refractivity contribution in [1.82, 2.24) is 4.57 Å². The molecule has 0 fully saturated rings. The van der Waals surface area contributed by atoms with E-state index in [-0.39, 0.29) is 5.76 Å². The second kappa shape index (κ2) is 4.56. The van der Waals surface area contributed by atoms with Gasteiger partial charge in [0.15, 0.2) is 0 Å². The van der Waals surface area contributed by atoms with E-state index >= 15 is 0 Å². The number of aromatic carboxylic acids is 1. The van der Waals surface area contributed by atoms with E-state index in [2.05, 4.69) is 22.8 Å². The number of hydrogen-bond donors (Lipinski definition) is 1. The van der Waals surface area contributed by atoms with E-state index in [0.29, 0.717) is 17.9 Å². The van der Waals surface area contributed by atoms with Crippen molar-refractivity contribution in [2.75, 3.05) is 0 Å². The molecule has 0 radical (unpaired) electrons. The van der Waals surface area contributed by atoms with Gasteiger partial charge in [0.05, 0.1) is 6.54 Å². The van der Waals surface area contributed by atoms with Crippen LogP contribution in [-0.2, 0) is 6.54 Å². The third-order valence-corrected chi connectivity index (χ3v) is 3.49. The highest BCUT2D eigenvalue weighted by molar-refractivity contribution is 5.86. The quantitative estimate of drug-likeness (QED) is 0.790. The van der Waals surface area contributed by atoms with E-state index in [0.717, 1.165) is 11.2 Å². The molecule has 1 N–H and O–H groups in total. The Labute approximate surface area is 116 Å². The van der Waals surface area contributed by atoms with Crippen LogP contribution in [0, 0.1) is 13.8 Å². The van der Waals surface area contributed by atoms with Gasteiger partial charge in [-0.1, -0.05) is 18.2 Å². The minimum absolute atomic E-state index is 0.0223. The van der Waals surface area contributed by atoms with E-state index in [1.165, 1.54) is 5.39 Å². The first-order valence-electron chi connectivity index (χ1n) is 6.44. The number of carboxylic acids is 1. The molecule has 2 aromatic heterocycles. The minimum Gasteiger partial charge on any atom is -0.475 e. The predicted octanol–water partition coefficient (Wildman–Crippen LogP) is 3.60. The van der Waals surface area contributed by atoms with Crippen molar-refractivity contribution in [3.63, 3.8) is 0 Å². The maximum atomic E-state index is 11.0. The lowest BCUT2D eigenvalue weighted by Gasteiger charge is -2.05. The van der Waals surface area contributed by atoms with Crippen LogP contribution in [0.5, 0.6) is 0 Å². The van der Waals surface area contributed by atoms with Crippen LogP contribution in [0.4, 0.5) is 0 Å². The number of aromatic nitrogens is 1. The summed E-state index contributed by atoms with van der Waals surface area (Å²) in [6.45, 7) is 4.32. The standard InChI is InChI=1S/C16H15NO3/c1-10-7-13(20-15(10)16(18)19)9-17-11(2)8-12-5-3-4-6-14(12)17/h3-8H,9H2,1-2H3,(H,18,19). The lowest BCUT2D eigenvalue weighted by atomic mass is 10.2. The second-order valence-electron chi connectivity index (χ2n) is 4.96. The van der Waals surface area contributed by atoms with Crippen molar-refractivity contribution < 1.29 is 14.3 Å². The van der Waals surface area contributed by atoms with Crippen molar-refractivity contribution in [3.05, 3.63) is 59.2 Å². The third kappa shape index (κ3) is 1.99. The molecule has 3 aromatic rings. The van der Waals surface area contributed by atoms with Crippen molar-refractivity contribution >= 4 is 16.9 Å². The Morgan fingerprint density at radius 1 is 1.25 bits per heavy atom. The Balaban J connectivity index is 2.03. The number of para-hydroxylation sites is 1. The molecule has 0 saturated carbocycles. The average molecular weight is 269 g/mol. The van der Waals surface area contributed by atoms with Gasteiger partial charge >= 0.3 is 5.97 Å². The molecular formula is C16H15NO3. The van der Waals surface area contributed by atoms with Gasteiger partial charge in [0.1, 0.15) is 5.76 Å². The summed E-state index contributed by atoms with van der Waals surface area (Å²) in [7, 11) is 0. The van der Waals surface area contributed by atoms with Gasteiger partial charge in [-0.25, -0.2) is 4.79 Å². The molecule has 0 saturated heterocycles. The summed E-state index contributed by atoms with van der Waals surface area (Å²) in [5.41, 5.74) is 2.90. The molecular weight excluding hydrogens is 254 g/mol. The van der Waals surface area contributed by atoms with Gasteiger partial charge in [-0.05, 0) is 37.4 Å². The van der Waals surface area contributed by atoms with Crippen LogP contribution >= 0.6 is 0 Å². The zero-order valence-corrected chi connectivity index (χ0v) is 11.4. The van der Waals surface area contributed by atoms with E-state index in [1.807, 2.05) is 19.1 Å². The number of furan rings is 1. The highest BCUT2D eigenvalue weighted by Crippen LogP contribution is 2.22. The van der Waals surface area contributed by atoms with Gasteiger partial charge in [-0.15, -0.1) is 0 Å². The first-order valence-corrected chi connectivity index (χ1v) is 6.44. The van der Waals surface area contributed by atoms with Gasteiger partial charge < -0.3 is 14.1 Å². The average Bonchev–Trinajstić information content (AvgIpc) is 2.92.